The maximum Gasteiger partial charge on any atom is 0.355 e. The van der Waals surface area contributed by atoms with E-state index in [1.54, 1.807) is 18.3 Å². The average molecular weight is 249 g/mol. The lowest BCUT2D eigenvalue weighted by Crippen LogP contribution is -2.12. The number of rotatable bonds is 3. The summed E-state index contributed by atoms with van der Waals surface area (Å²) in [6.07, 6.45) is 2.98. The Morgan fingerprint density at radius 1 is 1.41 bits per heavy atom. The third-order valence-electron chi connectivity index (χ3n) is 1.87. The molecule has 0 unspecified atom stereocenters. The molecule has 1 amide bonds. The number of pyridine rings is 1. The molecule has 0 atom stereocenters. The maximum atomic E-state index is 11.7. The van der Waals surface area contributed by atoms with Crippen LogP contribution in [-0.4, -0.2) is 27.0 Å². The summed E-state index contributed by atoms with van der Waals surface area (Å²) in [5, 5.41) is 12.8. The summed E-state index contributed by atoms with van der Waals surface area (Å²) in [6, 6.07) is 3.24. The maximum absolute atomic E-state index is 11.7. The van der Waals surface area contributed by atoms with Gasteiger partial charge in [-0.15, -0.1) is 11.3 Å². The molecule has 0 saturated carbocycles. The fourth-order valence-corrected chi connectivity index (χ4v) is 1.78. The molecule has 0 aliphatic heterocycles. The molecule has 17 heavy (non-hydrogen) atoms. The minimum atomic E-state index is -1.12. The molecule has 2 rings (SSSR count). The van der Waals surface area contributed by atoms with E-state index in [9.17, 15) is 9.59 Å². The molecule has 6 nitrogen and oxygen atoms in total. The number of aromatic carboxylic acids is 1. The number of carboxylic acid groups (broad SMARTS) is 1. The van der Waals surface area contributed by atoms with Crippen LogP contribution in [0.15, 0.2) is 29.9 Å². The van der Waals surface area contributed by atoms with Crippen LogP contribution in [0.3, 0.4) is 0 Å². The molecule has 0 bridgehead atoms. The van der Waals surface area contributed by atoms with Gasteiger partial charge in [0.25, 0.3) is 5.91 Å². The van der Waals surface area contributed by atoms with Crippen molar-refractivity contribution in [3.05, 3.63) is 41.2 Å². The number of carbonyl (C=O) groups excluding carboxylic acids is 1. The van der Waals surface area contributed by atoms with Crippen molar-refractivity contribution in [3.8, 4) is 0 Å². The van der Waals surface area contributed by atoms with Crippen molar-refractivity contribution in [1.82, 2.24) is 9.97 Å². The summed E-state index contributed by atoms with van der Waals surface area (Å²) >= 11 is 1.06. The van der Waals surface area contributed by atoms with Crippen LogP contribution in [-0.2, 0) is 0 Å². The number of carboxylic acids is 1. The van der Waals surface area contributed by atoms with Crippen LogP contribution < -0.4 is 5.32 Å². The van der Waals surface area contributed by atoms with E-state index in [0.29, 0.717) is 5.56 Å². The van der Waals surface area contributed by atoms with Crippen LogP contribution in [0.25, 0.3) is 0 Å². The fourth-order valence-electron chi connectivity index (χ4n) is 1.10. The van der Waals surface area contributed by atoms with Crippen LogP contribution in [0.2, 0.25) is 0 Å². The lowest BCUT2D eigenvalue weighted by molar-refractivity contribution is 0.0691. The van der Waals surface area contributed by atoms with E-state index in [0.717, 1.165) is 11.3 Å². The van der Waals surface area contributed by atoms with Crippen molar-refractivity contribution in [3.63, 3.8) is 0 Å². The van der Waals surface area contributed by atoms with Gasteiger partial charge in [0.2, 0.25) is 0 Å². The van der Waals surface area contributed by atoms with Gasteiger partial charge >= 0.3 is 5.97 Å². The molecule has 7 heteroatoms. The Kier molecular flexibility index (Phi) is 3.10. The molecule has 0 aliphatic rings. The average Bonchev–Trinajstić information content (AvgIpc) is 2.79. The van der Waals surface area contributed by atoms with E-state index in [4.69, 9.17) is 5.11 Å². The van der Waals surface area contributed by atoms with E-state index in [1.165, 1.54) is 11.6 Å². The second-order valence-electron chi connectivity index (χ2n) is 3.04. The highest BCUT2D eigenvalue weighted by molar-refractivity contribution is 7.14. The van der Waals surface area contributed by atoms with Gasteiger partial charge in [0.05, 0.1) is 5.56 Å². The van der Waals surface area contributed by atoms with Gasteiger partial charge < -0.3 is 5.11 Å². The molecular weight excluding hydrogens is 242 g/mol. The lowest BCUT2D eigenvalue weighted by Gasteiger charge is -1.99. The van der Waals surface area contributed by atoms with Crippen LogP contribution in [0.4, 0.5) is 5.13 Å². The van der Waals surface area contributed by atoms with Gasteiger partial charge in [-0.2, -0.15) is 0 Å². The Balaban J connectivity index is 2.11. The number of amides is 1. The molecule has 0 aromatic carbocycles. The molecule has 2 aromatic heterocycles. The van der Waals surface area contributed by atoms with Crippen molar-refractivity contribution in [2.24, 2.45) is 0 Å². The predicted octanol–water partition coefficient (Wildman–Crippen LogP) is 1.49. The van der Waals surface area contributed by atoms with Crippen molar-refractivity contribution < 1.29 is 14.7 Å². The first-order valence-corrected chi connectivity index (χ1v) is 5.45. The molecule has 0 aliphatic carbocycles. The highest BCUT2D eigenvalue weighted by Gasteiger charge is 2.11. The van der Waals surface area contributed by atoms with Crippen LogP contribution in [0, 0.1) is 0 Å². The van der Waals surface area contributed by atoms with Gasteiger partial charge in [0.1, 0.15) is 0 Å². The van der Waals surface area contributed by atoms with Crippen molar-refractivity contribution in [1.29, 1.82) is 0 Å². The first kappa shape index (κ1) is 11.2. The molecule has 86 valence electrons. The van der Waals surface area contributed by atoms with E-state index in [-0.39, 0.29) is 16.7 Å². The lowest BCUT2D eigenvalue weighted by atomic mass is 10.3. The first-order chi connectivity index (χ1) is 8.16. The van der Waals surface area contributed by atoms with Crippen molar-refractivity contribution in [2.45, 2.75) is 0 Å². The number of hydrogen-bond acceptors (Lipinski definition) is 5. The van der Waals surface area contributed by atoms with Crippen molar-refractivity contribution in [2.75, 3.05) is 5.32 Å². The quantitative estimate of drug-likeness (QED) is 0.859. The third-order valence-corrected chi connectivity index (χ3v) is 2.63. The molecule has 2 N–H and O–H groups in total. The van der Waals surface area contributed by atoms with Gasteiger partial charge in [0, 0.05) is 17.8 Å². The zero-order valence-electron chi connectivity index (χ0n) is 8.45. The summed E-state index contributed by atoms with van der Waals surface area (Å²) in [6.45, 7) is 0. The van der Waals surface area contributed by atoms with Gasteiger partial charge in [-0.3, -0.25) is 15.1 Å². The van der Waals surface area contributed by atoms with E-state index in [1.807, 2.05) is 0 Å². The minimum absolute atomic E-state index is 0.0866. The third kappa shape index (κ3) is 2.64. The van der Waals surface area contributed by atoms with Crippen LogP contribution >= 0.6 is 11.3 Å². The van der Waals surface area contributed by atoms with Crippen LogP contribution in [0.1, 0.15) is 20.8 Å². The van der Waals surface area contributed by atoms with E-state index in [2.05, 4.69) is 15.3 Å². The number of nitrogens with zero attached hydrogens (tertiary/aromatic N) is 2. The van der Waals surface area contributed by atoms with Gasteiger partial charge in [0.15, 0.2) is 10.8 Å². The van der Waals surface area contributed by atoms with Gasteiger partial charge in [-0.25, -0.2) is 9.78 Å². The summed E-state index contributed by atoms with van der Waals surface area (Å²) in [4.78, 5) is 29.8. The zero-order valence-corrected chi connectivity index (χ0v) is 9.27. The summed E-state index contributed by atoms with van der Waals surface area (Å²) in [7, 11) is 0. The minimum Gasteiger partial charge on any atom is -0.476 e. The molecule has 0 radical (unpaired) electrons. The number of carbonyl (C=O) groups is 2. The topological polar surface area (TPSA) is 92.2 Å². The first-order valence-electron chi connectivity index (χ1n) is 4.57. The molecule has 2 heterocycles. The second kappa shape index (κ2) is 4.71. The Labute approximate surface area is 100.0 Å². The number of anilines is 1. The second-order valence-corrected chi connectivity index (χ2v) is 3.90. The van der Waals surface area contributed by atoms with Gasteiger partial charge in [-0.1, -0.05) is 0 Å². The largest absolute Gasteiger partial charge is 0.476 e. The summed E-state index contributed by atoms with van der Waals surface area (Å²) in [5.41, 5.74) is 0.302. The molecule has 2 aromatic rings. The molecule has 0 saturated heterocycles. The molecular formula is C10H7N3O3S. The number of aromatic nitrogens is 2. The normalized spacial score (nSPS) is 9.88. The monoisotopic (exact) mass is 249 g/mol. The number of hydrogen-bond donors (Lipinski definition) is 2. The van der Waals surface area contributed by atoms with Crippen molar-refractivity contribution >= 4 is 28.3 Å². The highest BCUT2D eigenvalue weighted by atomic mass is 32.1. The highest BCUT2D eigenvalue weighted by Crippen LogP contribution is 2.16. The predicted molar refractivity (Wildman–Crippen MR) is 61.3 cm³/mol. The van der Waals surface area contributed by atoms with E-state index >= 15 is 0 Å². The Bertz CT molecular complexity index is 553. The van der Waals surface area contributed by atoms with E-state index < -0.39 is 5.97 Å². The SMILES string of the molecule is O=C(Nc1nc(C(=O)O)cs1)c1cccnc1. The summed E-state index contributed by atoms with van der Waals surface area (Å²) < 4.78 is 0. The molecule has 0 spiro atoms. The Morgan fingerprint density at radius 2 is 2.24 bits per heavy atom. The fraction of sp³-hybridized carbons (Fsp3) is 0. The van der Waals surface area contributed by atoms with Gasteiger partial charge in [-0.05, 0) is 12.1 Å². The molecule has 0 fully saturated rings. The van der Waals surface area contributed by atoms with Crippen LogP contribution in [0.5, 0.6) is 0 Å². The number of thiazole rings is 1. The summed E-state index contributed by atoms with van der Waals surface area (Å²) in [5.74, 6) is -1.49. The number of nitrogens with one attached hydrogen (secondary N) is 1. The standard InChI is InChI=1S/C10H7N3O3S/c14-8(6-2-1-3-11-4-6)13-10-12-7(5-17-10)9(15)16/h1-5H,(H,15,16)(H,12,13,14). The Hall–Kier alpha value is -2.28. The Morgan fingerprint density at radius 3 is 2.82 bits per heavy atom. The smallest absolute Gasteiger partial charge is 0.355 e. The zero-order chi connectivity index (χ0) is 12.3.